The van der Waals surface area contributed by atoms with Gasteiger partial charge in [-0.25, -0.2) is 9.80 Å². The molecule has 22 heavy (non-hydrogen) atoms. The van der Waals surface area contributed by atoms with Gasteiger partial charge in [-0.05, 0) is 31.5 Å². The smallest absolute Gasteiger partial charge is 0.336 e. The highest BCUT2D eigenvalue weighted by atomic mass is 16.5. The Balaban J connectivity index is 1.69. The van der Waals surface area contributed by atoms with Crippen LogP contribution in [0.1, 0.15) is 18.9 Å². The summed E-state index contributed by atoms with van der Waals surface area (Å²) >= 11 is 0. The predicted octanol–water partition coefficient (Wildman–Crippen LogP) is 2.09. The standard InChI is InChI=1S/C16H16N2O4/c1-10-7-16(20)22-14-9-12(3-4-13(10)14)21-6-5-18-15(19)8-11(2)17-18/h3-4,7,9H,5-6,8H2,1-2H3. The summed E-state index contributed by atoms with van der Waals surface area (Å²) in [5.41, 5.74) is 1.79. The quantitative estimate of drug-likeness (QED) is 0.810. The van der Waals surface area contributed by atoms with Crippen molar-refractivity contribution < 1.29 is 13.9 Å². The number of fused-ring (bicyclic) bond motifs is 1. The molecular weight excluding hydrogens is 284 g/mol. The van der Waals surface area contributed by atoms with E-state index in [0.29, 0.717) is 30.9 Å². The fraction of sp³-hybridized carbons (Fsp3) is 0.312. The number of rotatable bonds is 4. The van der Waals surface area contributed by atoms with Crippen LogP contribution in [0.4, 0.5) is 0 Å². The summed E-state index contributed by atoms with van der Waals surface area (Å²) in [4.78, 5) is 23.0. The molecule has 0 unspecified atom stereocenters. The van der Waals surface area contributed by atoms with Gasteiger partial charge >= 0.3 is 5.63 Å². The Bertz CT molecular complexity index is 822. The first kappa shape index (κ1) is 14.3. The molecule has 1 amide bonds. The van der Waals surface area contributed by atoms with Crippen LogP contribution in [-0.4, -0.2) is 29.8 Å². The van der Waals surface area contributed by atoms with Crippen LogP contribution < -0.4 is 10.4 Å². The van der Waals surface area contributed by atoms with Crippen molar-refractivity contribution in [2.45, 2.75) is 20.3 Å². The first-order chi connectivity index (χ1) is 10.5. The second kappa shape index (κ2) is 5.63. The average molecular weight is 300 g/mol. The molecule has 2 aromatic rings. The van der Waals surface area contributed by atoms with Gasteiger partial charge in [-0.1, -0.05) is 0 Å². The molecule has 0 saturated heterocycles. The maximum atomic E-state index is 11.6. The second-order valence-corrected chi connectivity index (χ2v) is 5.28. The van der Waals surface area contributed by atoms with Crippen LogP contribution in [0.2, 0.25) is 0 Å². The monoisotopic (exact) mass is 300 g/mol. The summed E-state index contributed by atoms with van der Waals surface area (Å²) in [6.07, 6.45) is 0.375. The number of carbonyl (C=O) groups excluding carboxylic acids is 1. The van der Waals surface area contributed by atoms with E-state index < -0.39 is 0 Å². The van der Waals surface area contributed by atoms with Crippen molar-refractivity contribution in [1.29, 1.82) is 0 Å². The third-order valence-corrected chi connectivity index (χ3v) is 3.48. The van der Waals surface area contributed by atoms with Crippen LogP contribution >= 0.6 is 0 Å². The summed E-state index contributed by atoms with van der Waals surface area (Å²) in [5.74, 6) is 0.579. The highest BCUT2D eigenvalue weighted by Crippen LogP contribution is 2.22. The summed E-state index contributed by atoms with van der Waals surface area (Å²) in [7, 11) is 0. The Kier molecular flexibility index (Phi) is 3.66. The summed E-state index contributed by atoms with van der Waals surface area (Å²) in [5, 5.41) is 6.43. The molecule has 6 nitrogen and oxygen atoms in total. The number of hydrogen-bond acceptors (Lipinski definition) is 5. The molecule has 0 spiro atoms. The zero-order valence-electron chi connectivity index (χ0n) is 12.5. The molecule has 0 radical (unpaired) electrons. The van der Waals surface area contributed by atoms with Crippen molar-refractivity contribution in [3.63, 3.8) is 0 Å². The Hall–Kier alpha value is -2.63. The maximum Gasteiger partial charge on any atom is 0.336 e. The minimum absolute atomic E-state index is 0.0127. The van der Waals surface area contributed by atoms with Crippen LogP contribution in [0.25, 0.3) is 11.0 Å². The normalized spacial score (nSPS) is 14.5. The maximum absolute atomic E-state index is 11.6. The molecule has 0 fully saturated rings. The van der Waals surface area contributed by atoms with Gasteiger partial charge in [0, 0.05) is 23.2 Å². The third-order valence-electron chi connectivity index (χ3n) is 3.48. The lowest BCUT2D eigenvalue weighted by Gasteiger charge is -2.12. The number of aryl methyl sites for hydroxylation is 1. The number of nitrogens with zero attached hydrogens (tertiary/aromatic N) is 2. The van der Waals surface area contributed by atoms with Gasteiger partial charge in [0.15, 0.2) is 0 Å². The Morgan fingerprint density at radius 3 is 2.82 bits per heavy atom. The fourth-order valence-corrected chi connectivity index (χ4v) is 2.43. The van der Waals surface area contributed by atoms with Gasteiger partial charge in [-0.15, -0.1) is 0 Å². The number of hydrogen-bond donors (Lipinski definition) is 0. The van der Waals surface area contributed by atoms with Gasteiger partial charge in [-0.2, -0.15) is 5.10 Å². The predicted molar refractivity (Wildman–Crippen MR) is 82.2 cm³/mol. The van der Waals surface area contributed by atoms with Gasteiger partial charge in [0.1, 0.15) is 17.9 Å². The molecule has 1 aromatic carbocycles. The van der Waals surface area contributed by atoms with Crippen LogP contribution in [0.3, 0.4) is 0 Å². The molecule has 1 aliphatic rings. The van der Waals surface area contributed by atoms with Crippen molar-refractivity contribution in [3.05, 3.63) is 40.2 Å². The van der Waals surface area contributed by atoms with E-state index in [4.69, 9.17) is 9.15 Å². The molecule has 3 rings (SSSR count). The molecule has 1 aromatic heterocycles. The molecule has 0 N–H and O–H groups in total. The Labute approximate surface area is 127 Å². The van der Waals surface area contributed by atoms with E-state index in [0.717, 1.165) is 16.7 Å². The Morgan fingerprint density at radius 2 is 2.09 bits per heavy atom. The lowest BCUT2D eigenvalue weighted by Crippen LogP contribution is -2.26. The molecular formula is C16H16N2O4. The first-order valence-corrected chi connectivity index (χ1v) is 7.05. The first-order valence-electron chi connectivity index (χ1n) is 7.05. The molecule has 0 aliphatic carbocycles. The summed E-state index contributed by atoms with van der Waals surface area (Å²) in [6, 6.07) is 6.81. The number of ether oxygens (including phenoxy) is 1. The third kappa shape index (κ3) is 2.86. The summed E-state index contributed by atoms with van der Waals surface area (Å²) in [6.45, 7) is 4.40. The highest BCUT2D eigenvalue weighted by molar-refractivity contribution is 6.03. The second-order valence-electron chi connectivity index (χ2n) is 5.28. The van der Waals surface area contributed by atoms with E-state index in [2.05, 4.69) is 5.10 Å². The van der Waals surface area contributed by atoms with Gasteiger partial charge < -0.3 is 9.15 Å². The van der Waals surface area contributed by atoms with E-state index in [9.17, 15) is 9.59 Å². The molecule has 0 saturated carbocycles. The lowest BCUT2D eigenvalue weighted by atomic mass is 10.1. The molecule has 1 aliphatic heterocycles. The average Bonchev–Trinajstić information content (AvgIpc) is 2.76. The van der Waals surface area contributed by atoms with Crippen LogP contribution in [0, 0.1) is 6.92 Å². The largest absolute Gasteiger partial charge is 0.492 e. The minimum atomic E-state index is -0.380. The zero-order chi connectivity index (χ0) is 15.7. The summed E-state index contributed by atoms with van der Waals surface area (Å²) < 4.78 is 10.8. The van der Waals surface area contributed by atoms with Gasteiger partial charge in [0.2, 0.25) is 5.91 Å². The van der Waals surface area contributed by atoms with E-state index in [1.165, 1.54) is 11.1 Å². The number of benzene rings is 1. The topological polar surface area (TPSA) is 72.1 Å². The van der Waals surface area contributed by atoms with Crippen molar-refractivity contribution in [2.24, 2.45) is 5.10 Å². The fourth-order valence-electron chi connectivity index (χ4n) is 2.43. The molecule has 0 atom stereocenters. The number of carbonyl (C=O) groups is 1. The van der Waals surface area contributed by atoms with E-state index in [1.54, 1.807) is 6.07 Å². The van der Waals surface area contributed by atoms with Crippen molar-refractivity contribution >= 4 is 22.6 Å². The molecule has 2 heterocycles. The van der Waals surface area contributed by atoms with Crippen molar-refractivity contribution in [1.82, 2.24) is 5.01 Å². The van der Waals surface area contributed by atoms with Crippen LogP contribution in [0.5, 0.6) is 5.75 Å². The SMILES string of the molecule is CC1=NN(CCOc2ccc3c(C)cc(=O)oc3c2)C(=O)C1. The highest BCUT2D eigenvalue weighted by Gasteiger charge is 2.20. The molecule has 6 heteroatoms. The number of amides is 1. The van der Waals surface area contributed by atoms with E-state index >= 15 is 0 Å². The van der Waals surface area contributed by atoms with Crippen molar-refractivity contribution in [3.8, 4) is 5.75 Å². The molecule has 0 bridgehead atoms. The van der Waals surface area contributed by atoms with Gasteiger partial charge in [-0.3, -0.25) is 4.79 Å². The van der Waals surface area contributed by atoms with Crippen molar-refractivity contribution in [2.75, 3.05) is 13.2 Å². The molecule has 114 valence electrons. The van der Waals surface area contributed by atoms with Gasteiger partial charge in [0.25, 0.3) is 0 Å². The zero-order valence-corrected chi connectivity index (χ0v) is 12.5. The number of hydrazone groups is 1. The van der Waals surface area contributed by atoms with Gasteiger partial charge in [0.05, 0.1) is 13.0 Å². The van der Waals surface area contributed by atoms with Crippen LogP contribution in [-0.2, 0) is 4.79 Å². The van der Waals surface area contributed by atoms with E-state index in [1.807, 2.05) is 26.0 Å². The Morgan fingerprint density at radius 1 is 1.27 bits per heavy atom. The van der Waals surface area contributed by atoms with E-state index in [-0.39, 0.29) is 11.5 Å². The minimum Gasteiger partial charge on any atom is -0.492 e. The van der Waals surface area contributed by atoms with Crippen LogP contribution in [0.15, 0.2) is 38.6 Å². The lowest BCUT2D eigenvalue weighted by molar-refractivity contribution is -0.129.